The van der Waals surface area contributed by atoms with Gasteiger partial charge in [0.15, 0.2) is 0 Å². The number of halogens is 2. The quantitative estimate of drug-likeness (QED) is 0.943. The van der Waals surface area contributed by atoms with E-state index in [4.69, 9.17) is 0 Å². The van der Waals surface area contributed by atoms with Crippen LogP contribution in [-0.4, -0.2) is 10.1 Å². The highest BCUT2D eigenvalue weighted by Gasteiger charge is 2.11. The van der Waals surface area contributed by atoms with E-state index in [1.807, 2.05) is 24.3 Å². The van der Waals surface area contributed by atoms with E-state index in [1.54, 1.807) is 0 Å². The fourth-order valence-electron chi connectivity index (χ4n) is 1.56. The molecule has 1 aromatic heterocycles. The van der Waals surface area contributed by atoms with E-state index < -0.39 is 11.9 Å². The molecule has 2 nitrogen and oxygen atoms in total. The second-order valence-electron chi connectivity index (χ2n) is 3.71. The van der Waals surface area contributed by atoms with Crippen molar-refractivity contribution in [3.8, 4) is 0 Å². The summed E-state index contributed by atoms with van der Waals surface area (Å²) in [5.41, 5.74) is 1.47. The van der Waals surface area contributed by atoms with Gasteiger partial charge in [0.05, 0.1) is 18.0 Å². The predicted molar refractivity (Wildman–Crippen MR) is 67.0 cm³/mol. The molecular weight excluding hydrogens is 285 g/mol. The van der Waals surface area contributed by atoms with E-state index in [-0.39, 0.29) is 0 Å². The Hall–Kier alpha value is -1.26. The van der Waals surface area contributed by atoms with Gasteiger partial charge in [-0.3, -0.25) is 4.98 Å². The number of hydrogen-bond donors (Lipinski definition) is 1. The van der Waals surface area contributed by atoms with Crippen molar-refractivity contribution < 1.29 is 9.50 Å². The summed E-state index contributed by atoms with van der Waals surface area (Å²) in [4.78, 5) is 3.86. The number of hydrogen-bond acceptors (Lipinski definition) is 2. The molecule has 0 radical (unpaired) electrons. The van der Waals surface area contributed by atoms with Crippen LogP contribution in [-0.2, 0) is 6.42 Å². The fourth-order valence-corrected chi connectivity index (χ4v) is 2.01. The van der Waals surface area contributed by atoms with Gasteiger partial charge in [0, 0.05) is 10.9 Å². The molecule has 0 saturated carbocycles. The molecule has 0 aliphatic heterocycles. The summed E-state index contributed by atoms with van der Waals surface area (Å²) in [7, 11) is 0. The molecule has 0 spiro atoms. The molecule has 0 aliphatic rings. The third-order valence-electron chi connectivity index (χ3n) is 2.46. The maximum absolute atomic E-state index is 12.7. The van der Waals surface area contributed by atoms with Crippen molar-refractivity contribution >= 4 is 15.9 Å². The number of benzene rings is 1. The second kappa shape index (κ2) is 5.38. The van der Waals surface area contributed by atoms with Crippen LogP contribution in [0.4, 0.5) is 4.39 Å². The van der Waals surface area contributed by atoms with E-state index >= 15 is 0 Å². The van der Waals surface area contributed by atoms with Crippen molar-refractivity contribution in [3.63, 3.8) is 0 Å². The van der Waals surface area contributed by atoms with Crippen molar-refractivity contribution in [2.75, 3.05) is 0 Å². The van der Waals surface area contributed by atoms with Gasteiger partial charge in [0.1, 0.15) is 5.82 Å². The van der Waals surface area contributed by atoms with Crippen molar-refractivity contribution in [2.45, 2.75) is 12.5 Å². The van der Waals surface area contributed by atoms with Gasteiger partial charge in [0.2, 0.25) is 0 Å². The van der Waals surface area contributed by atoms with Crippen molar-refractivity contribution in [3.05, 3.63) is 64.1 Å². The smallest absolute Gasteiger partial charge is 0.141 e. The third-order valence-corrected chi connectivity index (χ3v) is 3.24. The zero-order chi connectivity index (χ0) is 12.3. The highest BCUT2D eigenvalue weighted by Crippen LogP contribution is 2.22. The maximum atomic E-state index is 12.7. The SMILES string of the molecule is OC(Cc1ccccc1Br)c1ccc(F)cn1. The zero-order valence-corrected chi connectivity index (χ0v) is 10.6. The zero-order valence-electron chi connectivity index (χ0n) is 8.98. The third kappa shape index (κ3) is 3.11. The van der Waals surface area contributed by atoms with E-state index in [0.29, 0.717) is 12.1 Å². The lowest BCUT2D eigenvalue weighted by Crippen LogP contribution is -2.04. The molecular formula is C13H11BrFNO. The van der Waals surface area contributed by atoms with Crippen LogP contribution in [0, 0.1) is 5.82 Å². The standard InChI is InChI=1S/C13H11BrFNO/c14-11-4-2-1-3-9(11)7-13(17)12-6-5-10(15)8-16-12/h1-6,8,13,17H,7H2. The monoisotopic (exact) mass is 295 g/mol. The lowest BCUT2D eigenvalue weighted by molar-refractivity contribution is 0.173. The summed E-state index contributed by atoms with van der Waals surface area (Å²) >= 11 is 3.42. The minimum atomic E-state index is -0.728. The van der Waals surface area contributed by atoms with Gasteiger partial charge < -0.3 is 5.11 Å². The normalized spacial score (nSPS) is 12.4. The number of aromatic nitrogens is 1. The van der Waals surface area contributed by atoms with Gasteiger partial charge in [0.25, 0.3) is 0 Å². The van der Waals surface area contributed by atoms with Crippen LogP contribution < -0.4 is 0 Å². The van der Waals surface area contributed by atoms with Crippen LogP contribution in [0.1, 0.15) is 17.4 Å². The fraction of sp³-hybridized carbons (Fsp3) is 0.154. The van der Waals surface area contributed by atoms with Crippen molar-refractivity contribution in [1.82, 2.24) is 4.98 Å². The topological polar surface area (TPSA) is 33.1 Å². The lowest BCUT2D eigenvalue weighted by atomic mass is 10.1. The molecule has 4 heteroatoms. The predicted octanol–water partition coefficient (Wildman–Crippen LogP) is 3.26. The van der Waals surface area contributed by atoms with Crippen LogP contribution in [0.15, 0.2) is 47.1 Å². The Balaban J connectivity index is 2.14. The minimum Gasteiger partial charge on any atom is -0.386 e. The number of rotatable bonds is 3. The summed E-state index contributed by atoms with van der Waals surface area (Å²) in [5, 5.41) is 9.98. The van der Waals surface area contributed by atoms with Crippen molar-refractivity contribution in [1.29, 1.82) is 0 Å². The molecule has 17 heavy (non-hydrogen) atoms. The van der Waals surface area contributed by atoms with Crippen LogP contribution in [0.5, 0.6) is 0 Å². The van der Waals surface area contributed by atoms with Crippen LogP contribution in [0.2, 0.25) is 0 Å². The number of aliphatic hydroxyl groups is 1. The Kier molecular flexibility index (Phi) is 3.86. The van der Waals surface area contributed by atoms with Gasteiger partial charge in [-0.05, 0) is 23.8 Å². The van der Waals surface area contributed by atoms with Crippen LogP contribution in [0.25, 0.3) is 0 Å². The molecule has 0 fully saturated rings. The van der Waals surface area contributed by atoms with E-state index in [2.05, 4.69) is 20.9 Å². The molecule has 1 atom stereocenters. The lowest BCUT2D eigenvalue weighted by Gasteiger charge is -2.11. The van der Waals surface area contributed by atoms with Crippen LogP contribution >= 0.6 is 15.9 Å². The molecule has 0 aliphatic carbocycles. The Morgan fingerprint density at radius 3 is 2.65 bits per heavy atom. The van der Waals surface area contributed by atoms with Crippen LogP contribution in [0.3, 0.4) is 0 Å². The first-order valence-electron chi connectivity index (χ1n) is 5.20. The average molecular weight is 296 g/mol. The van der Waals surface area contributed by atoms with E-state index in [9.17, 15) is 9.50 Å². The average Bonchev–Trinajstić information content (AvgIpc) is 2.33. The summed E-state index contributed by atoms with van der Waals surface area (Å²) in [6.45, 7) is 0. The first-order valence-corrected chi connectivity index (χ1v) is 5.99. The number of pyridine rings is 1. The highest BCUT2D eigenvalue weighted by atomic mass is 79.9. The molecule has 0 saturated heterocycles. The van der Waals surface area contributed by atoms with E-state index in [1.165, 1.54) is 12.1 Å². The Morgan fingerprint density at radius 2 is 2.00 bits per heavy atom. The number of nitrogens with zero attached hydrogens (tertiary/aromatic N) is 1. The van der Waals surface area contributed by atoms with Gasteiger partial charge in [-0.15, -0.1) is 0 Å². The van der Waals surface area contributed by atoms with Crippen molar-refractivity contribution in [2.24, 2.45) is 0 Å². The highest BCUT2D eigenvalue weighted by molar-refractivity contribution is 9.10. The molecule has 1 unspecified atom stereocenters. The summed E-state index contributed by atoms with van der Waals surface area (Å²) in [5.74, 6) is -0.401. The first kappa shape index (κ1) is 12.2. The maximum Gasteiger partial charge on any atom is 0.141 e. The molecule has 2 aromatic rings. The molecule has 1 heterocycles. The van der Waals surface area contributed by atoms with E-state index in [0.717, 1.165) is 16.2 Å². The summed E-state index contributed by atoms with van der Waals surface area (Å²) in [6.07, 6.45) is 0.827. The molecule has 2 rings (SSSR count). The van der Waals surface area contributed by atoms with Gasteiger partial charge in [-0.25, -0.2) is 4.39 Å². The summed E-state index contributed by atoms with van der Waals surface area (Å²) in [6, 6.07) is 10.5. The molecule has 0 amide bonds. The largest absolute Gasteiger partial charge is 0.386 e. The molecule has 1 aromatic carbocycles. The molecule has 88 valence electrons. The summed E-state index contributed by atoms with van der Waals surface area (Å²) < 4.78 is 13.6. The Morgan fingerprint density at radius 1 is 1.24 bits per heavy atom. The second-order valence-corrected chi connectivity index (χ2v) is 4.57. The van der Waals surface area contributed by atoms with Gasteiger partial charge in [-0.2, -0.15) is 0 Å². The molecule has 1 N–H and O–H groups in total. The first-order chi connectivity index (χ1) is 8.16. The molecule has 0 bridgehead atoms. The Labute approximate surface area is 107 Å². The number of aliphatic hydroxyl groups excluding tert-OH is 1. The van der Waals surface area contributed by atoms with Gasteiger partial charge >= 0.3 is 0 Å². The van der Waals surface area contributed by atoms with Gasteiger partial charge in [-0.1, -0.05) is 34.1 Å². The Bertz CT molecular complexity index is 501. The minimum absolute atomic E-state index is 0.401.